The molecule has 0 bridgehead atoms. The molecule has 0 aliphatic carbocycles. The van der Waals surface area contributed by atoms with E-state index in [1.807, 2.05) is 30.3 Å². The molecule has 4 aromatic rings. The van der Waals surface area contributed by atoms with Crippen molar-refractivity contribution in [2.45, 2.75) is 29.3 Å². The zero-order valence-corrected chi connectivity index (χ0v) is 20.5. The fourth-order valence-electron chi connectivity index (χ4n) is 4.55. The minimum atomic E-state index is -2.80. The van der Waals surface area contributed by atoms with Crippen LogP contribution in [0, 0.1) is 0 Å². The SMILES string of the molecule is C=S(N)(=O)c1cccc(-c2ccc(-c3nc4nc(OC5COC6C(O)COC56)[nH]c4cc3Cl)cc2)c1. The van der Waals surface area contributed by atoms with E-state index in [1.54, 1.807) is 24.3 Å². The van der Waals surface area contributed by atoms with Crippen molar-refractivity contribution in [3.05, 3.63) is 59.6 Å². The Bertz CT molecular complexity index is 1560. The van der Waals surface area contributed by atoms with Crippen LogP contribution in [0.3, 0.4) is 0 Å². The molecule has 0 spiro atoms. The van der Waals surface area contributed by atoms with E-state index in [9.17, 15) is 9.32 Å². The standard InChI is InChI=1S/C25H23ClN4O5S/c1-36(27,32)16-4-2-3-15(9-16)13-5-7-14(8-6-13)21-17(26)10-18-24(29-21)30-25(28-18)35-20-12-34-22-19(31)11-33-23(20)22/h2-10,19-20,22-23,31H,1,11-12H2,(H2,27,32)(H,28,29,30). The van der Waals surface area contributed by atoms with Gasteiger partial charge in [0, 0.05) is 10.5 Å². The Morgan fingerprint density at radius 2 is 1.81 bits per heavy atom. The van der Waals surface area contributed by atoms with Gasteiger partial charge < -0.3 is 24.3 Å². The number of benzene rings is 2. The van der Waals surface area contributed by atoms with Crippen molar-refractivity contribution in [1.29, 1.82) is 0 Å². The quantitative estimate of drug-likeness (QED) is 0.340. The molecule has 6 rings (SSSR count). The van der Waals surface area contributed by atoms with Crippen LogP contribution in [0.2, 0.25) is 5.02 Å². The van der Waals surface area contributed by atoms with Gasteiger partial charge in [-0.3, -0.25) is 5.14 Å². The number of nitrogens with one attached hydrogen (secondary N) is 1. The predicted octanol–water partition coefficient (Wildman–Crippen LogP) is 2.80. The molecule has 5 unspecified atom stereocenters. The van der Waals surface area contributed by atoms with Gasteiger partial charge in [-0.2, -0.15) is 4.98 Å². The van der Waals surface area contributed by atoms with Crippen LogP contribution in [0.5, 0.6) is 6.01 Å². The molecule has 186 valence electrons. The maximum atomic E-state index is 12.1. The fraction of sp³-hybridized carbons (Fsp3) is 0.240. The predicted molar refractivity (Wildman–Crippen MR) is 137 cm³/mol. The van der Waals surface area contributed by atoms with Gasteiger partial charge in [-0.1, -0.05) is 48.0 Å². The third kappa shape index (κ3) is 4.26. The van der Waals surface area contributed by atoms with Gasteiger partial charge in [0.2, 0.25) is 0 Å². The monoisotopic (exact) mass is 526 g/mol. The Morgan fingerprint density at radius 3 is 2.58 bits per heavy atom. The van der Waals surface area contributed by atoms with Crippen molar-refractivity contribution >= 4 is 38.3 Å². The van der Waals surface area contributed by atoms with Crippen molar-refractivity contribution in [1.82, 2.24) is 15.0 Å². The van der Waals surface area contributed by atoms with E-state index in [2.05, 4.69) is 20.8 Å². The van der Waals surface area contributed by atoms with Crippen LogP contribution in [-0.2, 0) is 19.2 Å². The molecule has 2 aliphatic heterocycles. The Hall–Kier alpha value is -2.99. The molecule has 9 nitrogen and oxygen atoms in total. The average Bonchev–Trinajstić information content (AvgIpc) is 3.55. The molecule has 2 aromatic carbocycles. The molecular formula is C25H23ClN4O5S. The average molecular weight is 527 g/mol. The van der Waals surface area contributed by atoms with Crippen LogP contribution in [0.25, 0.3) is 33.5 Å². The van der Waals surface area contributed by atoms with Gasteiger partial charge in [0.15, 0.2) is 11.8 Å². The van der Waals surface area contributed by atoms with Gasteiger partial charge in [0.25, 0.3) is 6.01 Å². The molecule has 4 N–H and O–H groups in total. The van der Waals surface area contributed by atoms with Gasteiger partial charge in [-0.15, -0.1) is 0 Å². The Balaban J connectivity index is 1.25. The largest absolute Gasteiger partial charge is 0.456 e. The molecule has 5 atom stereocenters. The van der Waals surface area contributed by atoms with Gasteiger partial charge in [0.05, 0.1) is 39.2 Å². The Labute approximate surface area is 212 Å². The zero-order chi connectivity index (χ0) is 25.0. The molecule has 11 heteroatoms. The second-order valence-electron chi connectivity index (χ2n) is 8.88. The molecule has 0 radical (unpaired) electrons. The minimum Gasteiger partial charge on any atom is -0.456 e. The summed E-state index contributed by atoms with van der Waals surface area (Å²) in [6.07, 6.45) is -1.76. The molecule has 2 saturated heterocycles. The second kappa shape index (κ2) is 8.84. The minimum absolute atomic E-state index is 0.226. The maximum absolute atomic E-state index is 12.1. The first-order valence-electron chi connectivity index (χ1n) is 11.3. The molecule has 2 fully saturated rings. The summed E-state index contributed by atoms with van der Waals surface area (Å²) in [7, 11) is -2.80. The van der Waals surface area contributed by atoms with Gasteiger partial charge in [-0.25, -0.2) is 9.19 Å². The topological polar surface area (TPSA) is 133 Å². The number of hydrogen-bond acceptors (Lipinski definition) is 7. The second-order valence-corrected chi connectivity index (χ2v) is 11.2. The lowest BCUT2D eigenvalue weighted by Gasteiger charge is -2.15. The van der Waals surface area contributed by atoms with Crippen molar-refractivity contribution in [2.24, 2.45) is 5.14 Å². The summed E-state index contributed by atoms with van der Waals surface area (Å²) in [6, 6.07) is 16.9. The third-order valence-corrected chi connectivity index (χ3v) is 7.71. The van der Waals surface area contributed by atoms with Crippen molar-refractivity contribution < 1.29 is 23.5 Å². The number of aliphatic hydroxyl groups is 1. The van der Waals surface area contributed by atoms with Crippen LogP contribution in [0.1, 0.15) is 0 Å². The molecular weight excluding hydrogens is 504 g/mol. The van der Waals surface area contributed by atoms with E-state index >= 15 is 0 Å². The number of pyridine rings is 1. The fourth-order valence-corrected chi connectivity index (χ4v) is 5.45. The van der Waals surface area contributed by atoms with E-state index in [1.165, 1.54) is 0 Å². The van der Waals surface area contributed by atoms with Gasteiger partial charge in [-0.05, 0) is 35.2 Å². The van der Waals surface area contributed by atoms with E-state index < -0.39 is 15.8 Å². The van der Waals surface area contributed by atoms with Crippen LogP contribution in [0.4, 0.5) is 0 Å². The summed E-state index contributed by atoms with van der Waals surface area (Å²) in [5.74, 6) is 3.55. The highest BCUT2D eigenvalue weighted by atomic mass is 35.5. The van der Waals surface area contributed by atoms with Gasteiger partial charge in [0.1, 0.15) is 18.3 Å². The number of fused-ring (bicyclic) bond motifs is 2. The molecule has 36 heavy (non-hydrogen) atoms. The first kappa shape index (κ1) is 23.4. The number of ether oxygens (including phenoxy) is 3. The number of halogens is 1. The number of imidazole rings is 1. The number of aromatic nitrogens is 3. The Morgan fingerprint density at radius 1 is 1.06 bits per heavy atom. The van der Waals surface area contributed by atoms with E-state index in [-0.39, 0.29) is 30.9 Å². The first-order valence-corrected chi connectivity index (χ1v) is 13.4. The summed E-state index contributed by atoms with van der Waals surface area (Å²) < 4.78 is 29.3. The van der Waals surface area contributed by atoms with Crippen molar-refractivity contribution in [3.63, 3.8) is 0 Å². The number of hydrogen-bond donors (Lipinski definition) is 3. The molecule has 0 amide bonds. The lowest BCUT2D eigenvalue weighted by Crippen LogP contribution is -2.34. The number of rotatable bonds is 5. The first-order chi connectivity index (χ1) is 17.3. The van der Waals surface area contributed by atoms with Crippen LogP contribution < -0.4 is 9.88 Å². The normalized spacial score (nSPS) is 25.1. The highest BCUT2D eigenvalue weighted by Gasteiger charge is 2.48. The van der Waals surface area contributed by atoms with Crippen LogP contribution >= 0.6 is 11.6 Å². The van der Waals surface area contributed by atoms with E-state index in [0.717, 1.165) is 16.7 Å². The van der Waals surface area contributed by atoms with Crippen LogP contribution in [-0.4, -0.2) is 67.8 Å². The summed E-state index contributed by atoms with van der Waals surface area (Å²) in [6.45, 7) is 0.526. The number of nitrogens with zero attached hydrogens (tertiary/aromatic N) is 2. The summed E-state index contributed by atoms with van der Waals surface area (Å²) in [4.78, 5) is 12.7. The third-order valence-electron chi connectivity index (χ3n) is 6.37. The highest BCUT2D eigenvalue weighted by molar-refractivity contribution is 7.98. The molecule has 4 heterocycles. The lowest BCUT2D eigenvalue weighted by atomic mass is 10.0. The number of aromatic amines is 1. The number of nitrogens with two attached hydrogens (primary N) is 1. The lowest BCUT2D eigenvalue weighted by molar-refractivity contribution is 0.00706. The van der Waals surface area contributed by atoms with Gasteiger partial charge >= 0.3 is 0 Å². The number of aliphatic hydroxyl groups excluding tert-OH is 1. The Kier molecular flexibility index (Phi) is 5.75. The van der Waals surface area contributed by atoms with Crippen LogP contribution in [0.15, 0.2) is 59.5 Å². The molecule has 0 saturated carbocycles. The summed E-state index contributed by atoms with van der Waals surface area (Å²) in [5, 5.41) is 16.1. The van der Waals surface area contributed by atoms with E-state index in [0.29, 0.717) is 33.4 Å². The number of H-pyrrole nitrogens is 1. The van der Waals surface area contributed by atoms with Crippen molar-refractivity contribution in [3.8, 4) is 28.4 Å². The zero-order valence-electron chi connectivity index (χ0n) is 19.0. The smallest absolute Gasteiger partial charge is 0.296 e. The van der Waals surface area contributed by atoms with E-state index in [4.69, 9.17) is 31.0 Å². The summed E-state index contributed by atoms with van der Waals surface area (Å²) in [5.41, 5.74) is 4.28. The molecule has 2 aliphatic rings. The maximum Gasteiger partial charge on any atom is 0.296 e. The van der Waals surface area contributed by atoms with Crippen molar-refractivity contribution in [2.75, 3.05) is 13.2 Å². The summed E-state index contributed by atoms with van der Waals surface area (Å²) >= 11 is 6.56. The molecule has 2 aromatic heterocycles. The highest BCUT2D eigenvalue weighted by Crippen LogP contribution is 2.33.